The van der Waals surface area contributed by atoms with Gasteiger partial charge < -0.3 is 15.2 Å². The summed E-state index contributed by atoms with van der Waals surface area (Å²) in [7, 11) is 0. The fourth-order valence-corrected chi connectivity index (χ4v) is 3.24. The molecule has 2 aliphatic heterocycles. The van der Waals surface area contributed by atoms with E-state index in [9.17, 15) is 4.79 Å². The smallest absolute Gasteiger partial charge is 0.312 e. The van der Waals surface area contributed by atoms with Crippen molar-refractivity contribution in [3.8, 4) is 0 Å². The summed E-state index contributed by atoms with van der Waals surface area (Å²) in [5.41, 5.74) is 5.66. The molecule has 2 heterocycles. The maximum atomic E-state index is 12.1. The number of esters is 1. The summed E-state index contributed by atoms with van der Waals surface area (Å²) in [4.78, 5) is 12.1. The highest BCUT2D eigenvalue weighted by Gasteiger charge is 2.42. The first-order valence-electron chi connectivity index (χ1n) is 7.00. The number of carbonyl (C=O) groups is 1. The van der Waals surface area contributed by atoms with Crippen molar-refractivity contribution in [2.75, 3.05) is 6.54 Å². The lowest BCUT2D eigenvalue weighted by atomic mass is 9.87. The lowest BCUT2D eigenvalue weighted by Crippen LogP contribution is -2.32. The Hall–Kier alpha value is -0.870. The molecule has 1 saturated heterocycles. The van der Waals surface area contributed by atoms with Crippen molar-refractivity contribution < 1.29 is 14.3 Å². The Kier molecular flexibility index (Phi) is 3.39. The number of nitrogens with two attached hydrogens (primary N) is 1. The molecular formula is C14H21NO3. The first-order valence-corrected chi connectivity index (χ1v) is 7.00. The fourth-order valence-electron chi connectivity index (χ4n) is 3.24. The zero-order valence-corrected chi connectivity index (χ0v) is 10.6. The van der Waals surface area contributed by atoms with Crippen LogP contribution in [0.2, 0.25) is 0 Å². The van der Waals surface area contributed by atoms with Gasteiger partial charge in [-0.1, -0.05) is 12.2 Å². The standard InChI is InChI=1S/C14H21NO3/c15-8-9-1-3-10(4-2-9)18-14(16)12-7-11-5-6-13(12)17-11/h5-6,9-13H,1-4,7-8,15H2. The first-order chi connectivity index (χ1) is 8.76. The van der Waals surface area contributed by atoms with E-state index in [1.807, 2.05) is 12.2 Å². The van der Waals surface area contributed by atoms with Crippen molar-refractivity contribution in [2.45, 2.75) is 50.4 Å². The summed E-state index contributed by atoms with van der Waals surface area (Å²) in [6.45, 7) is 0.756. The van der Waals surface area contributed by atoms with Gasteiger partial charge in [-0.2, -0.15) is 0 Å². The van der Waals surface area contributed by atoms with Gasteiger partial charge >= 0.3 is 5.97 Å². The normalized spacial score (nSPS) is 42.2. The molecule has 1 saturated carbocycles. The van der Waals surface area contributed by atoms with Gasteiger partial charge in [0.25, 0.3) is 0 Å². The summed E-state index contributed by atoms with van der Waals surface area (Å²) >= 11 is 0. The van der Waals surface area contributed by atoms with Crippen molar-refractivity contribution in [1.29, 1.82) is 0 Å². The van der Waals surface area contributed by atoms with E-state index >= 15 is 0 Å². The van der Waals surface area contributed by atoms with Crippen molar-refractivity contribution in [3.63, 3.8) is 0 Å². The van der Waals surface area contributed by atoms with Crippen LogP contribution in [0, 0.1) is 11.8 Å². The Morgan fingerprint density at radius 3 is 2.61 bits per heavy atom. The van der Waals surface area contributed by atoms with E-state index in [1.54, 1.807) is 0 Å². The SMILES string of the molecule is NCC1CCC(OC(=O)C2CC3C=CC2O3)CC1. The van der Waals surface area contributed by atoms with E-state index in [-0.39, 0.29) is 30.2 Å². The Morgan fingerprint density at radius 2 is 2.06 bits per heavy atom. The molecule has 18 heavy (non-hydrogen) atoms. The molecule has 0 amide bonds. The molecule has 2 fully saturated rings. The summed E-state index contributed by atoms with van der Waals surface area (Å²) in [6, 6.07) is 0. The molecule has 1 aliphatic carbocycles. The van der Waals surface area contributed by atoms with Crippen molar-refractivity contribution >= 4 is 5.97 Å². The molecule has 3 unspecified atom stereocenters. The maximum absolute atomic E-state index is 12.1. The molecule has 100 valence electrons. The van der Waals surface area contributed by atoms with Gasteiger partial charge in [0, 0.05) is 0 Å². The zero-order chi connectivity index (χ0) is 12.5. The average molecular weight is 251 g/mol. The molecule has 3 rings (SSSR count). The lowest BCUT2D eigenvalue weighted by molar-refractivity contribution is -0.157. The number of rotatable bonds is 3. The molecule has 2 N–H and O–H groups in total. The highest BCUT2D eigenvalue weighted by atomic mass is 16.6. The molecule has 0 aromatic heterocycles. The number of carbonyl (C=O) groups excluding carboxylic acids is 1. The van der Waals surface area contributed by atoms with Gasteiger partial charge in [-0.25, -0.2) is 0 Å². The van der Waals surface area contributed by atoms with Crippen LogP contribution in [0.3, 0.4) is 0 Å². The molecule has 2 bridgehead atoms. The van der Waals surface area contributed by atoms with Gasteiger partial charge in [-0.15, -0.1) is 0 Å². The number of ether oxygens (including phenoxy) is 2. The topological polar surface area (TPSA) is 61.5 Å². The van der Waals surface area contributed by atoms with Crippen LogP contribution < -0.4 is 5.73 Å². The summed E-state index contributed by atoms with van der Waals surface area (Å²) < 4.78 is 11.2. The van der Waals surface area contributed by atoms with Crippen molar-refractivity contribution in [3.05, 3.63) is 12.2 Å². The molecular weight excluding hydrogens is 230 g/mol. The highest BCUT2D eigenvalue weighted by molar-refractivity contribution is 5.74. The second-order valence-electron chi connectivity index (χ2n) is 5.68. The van der Waals surface area contributed by atoms with E-state index in [0.29, 0.717) is 5.92 Å². The first kappa shape index (κ1) is 12.2. The van der Waals surface area contributed by atoms with Crippen LogP contribution in [0.15, 0.2) is 12.2 Å². The van der Waals surface area contributed by atoms with Crippen molar-refractivity contribution in [1.82, 2.24) is 0 Å². The van der Waals surface area contributed by atoms with Crippen LogP contribution in [0.1, 0.15) is 32.1 Å². The van der Waals surface area contributed by atoms with Crippen LogP contribution in [0.5, 0.6) is 0 Å². The predicted octanol–water partition coefficient (Wildman–Crippen LogP) is 1.39. The van der Waals surface area contributed by atoms with E-state index in [4.69, 9.17) is 15.2 Å². The molecule has 4 nitrogen and oxygen atoms in total. The fraction of sp³-hybridized carbons (Fsp3) is 0.786. The quantitative estimate of drug-likeness (QED) is 0.608. The van der Waals surface area contributed by atoms with E-state index in [2.05, 4.69) is 0 Å². The van der Waals surface area contributed by atoms with Crippen LogP contribution >= 0.6 is 0 Å². The van der Waals surface area contributed by atoms with E-state index < -0.39 is 0 Å². The Balaban J connectivity index is 1.49. The molecule has 3 atom stereocenters. The van der Waals surface area contributed by atoms with Gasteiger partial charge in [-0.3, -0.25) is 4.79 Å². The van der Waals surface area contributed by atoms with Gasteiger partial charge in [0.1, 0.15) is 6.10 Å². The van der Waals surface area contributed by atoms with E-state index in [1.165, 1.54) is 0 Å². The predicted molar refractivity (Wildman–Crippen MR) is 66.8 cm³/mol. The molecule has 0 aromatic carbocycles. The lowest BCUT2D eigenvalue weighted by Gasteiger charge is -2.28. The second-order valence-corrected chi connectivity index (χ2v) is 5.68. The number of hydrogen-bond acceptors (Lipinski definition) is 4. The maximum Gasteiger partial charge on any atom is 0.312 e. The third-order valence-corrected chi connectivity index (χ3v) is 4.44. The van der Waals surface area contributed by atoms with Gasteiger partial charge in [0.15, 0.2) is 0 Å². The Bertz CT molecular complexity index is 347. The minimum Gasteiger partial charge on any atom is -0.462 e. The minimum absolute atomic E-state index is 0.0390. The zero-order valence-electron chi connectivity index (χ0n) is 10.6. The summed E-state index contributed by atoms with van der Waals surface area (Å²) in [5.74, 6) is 0.476. The number of fused-ring (bicyclic) bond motifs is 2. The third-order valence-electron chi connectivity index (χ3n) is 4.44. The highest BCUT2D eigenvalue weighted by Crippen LogP contribution is 2.35. The van der Waals surface area contributed by atoms with Crippen molar-refractivity contribution in [2.24, 2.45) is 17.6 Å². The Morgan fingerprint density at radius 1 is 1.28 bits per heavy atom. The van der Waals surface area contributed by atoms with Crippen LogP contribution in [-0.2, 0) is 14.3 Å². The summed E-state index contributed by atoms with van der Waals surface area (Å²) in [6.07, 6.45) is 9.12. The average Bonchev–Trinajstić information content (AvgIpc) is 3.02. The summed E-state index contributed by atoms with van der Waals surface area (Å²) in [5, 5.41) is 0. The van der Waals surface area contributed by atoms with Gasteiger partial charge in [0.05, 0.1) is 18.1 Å². The monoisotopic (exact) mass is 251 g/mol. The largest absolute Gasteiger partial charge is 0.462 e. The Labute approximate surface area is 108 Å². The molecule has 0 aromatic rings. The second kappa shape index (κ2) is 5.02. The van der Waals surface area contributed by atoms with Gasteiger partial charge in [-0.05, 0) is 44.6 Å². The van der Waals surface area contributed by atoms with E-state index in [0.717, 1.165) is 38.6 Å². The molecule has 0 spiro atoms. The minimum atomic E-state index is -0.0766. The van der Waals surface area contributed by atoms with Crippen LogP contribution in [-0.4, -0.2) is 30.8 Å². The number of hydrogen-bond donors (Lipinski definition) is 1. The van der Waals surface area contributed by atoms with Crippen LogP contribution in [0.25, 0.3) is 0 Å². The molecule has 3 aliphatic rings. The third kappa shape index (κ3) is 2.31. The molecule has 0 radical (unpaired) electrons. The van der Waals surface area contributed by atoms with Crippen LogP contribution in [0.4, 0.5) is 0 Å². The molecule has 4 heteroatoms. The van der Waals surface area contributed by atoms with Gasteiger partial charge in [0.2, 0.25) is 0 Å².